The van der Waals surface area contributed by atoms with E-state index in [1.807, 2.05) is 0 Å². The lowest BCUT2D eigenvalue weighted by Gasteiger charge is -2.11. The molecule has 0 bridgehead atoms. The molecule has 1 aromatic carbocycles. The molecule has 1 amide bonds. The first kappa shape index (κ1) is 11.7. The molecule has 0 fully saturated rings. The molecular formula is C9H10ClFN2O2. The maximum absolute atomic E-state index is 13.1. The number of rotatable bonds is 4. The standard InChI is InChI=1S/C9H10ClFN2O2/c10-5-2-1-3-6(11)8(5)15-4-7(12)9(13)14/h1-3,7H,4,12H2,(H2,13,14). The predicted octanol–water partition coefficient (Wildman–Crippen LogP) is 0.671. The zero-order valence-electron chi connectivity index (χ0n) is 7.74. The summed E-state index contributed by atoms with van der Waals surface area (Å²) in [6.45, 7) is -0.212. The van der Waals surface area contributed by atoms with Gasteiger partial charge in [0.1, 0.15) is 12.6 Å². The highest BCUT2D eigenvalue weighted by Gasteiger charge is 2.13. The summed E-state index contributed by atoms with van der Waals surface area (Å²) in [4.78, 5) is 10.6. The second-order valence-electron chi connectivity index (χ2n) is 2.87. The molecule has 0 aliphatic carbocycles. The van der Waals surface area contributed by atoms with Gasteiger partial charge in [0.15, 0.2) is 11.6 Å². The third kappa shape index (κ3) is 3.07. The van der Waals surface area contributed by atoms with Crippen LogP contribution in [0.5, 0.6) is 5.75 Å². The first-order valence-corrected chi connectivity index (χ1v) is 4.52. The molecule has 0 radical (unpaired) electrons. The molecular weight excluding hydrogens is 223 g/mol. The number of benzene rings is 1. The summed E-state index contributed by atoms with van der Waals surface area (Å²) >= 11 is 5.67. The Kier molecular flexibility index (Phi) is 3.88. The van der Waals surface area contributed by atoms with Crippen LogP contribution in [0.3, 0.4) is 0 Å². The van der Waals surface area contributed by atoms with Crippen molar-refractivity contribution in [3.63, 3.8) is 0 Å². The normalized spacial score (nSPS) is 12.2. The van der Waals surface area contributed by atoms with E-state index in [0.717, 1.165) is 0 Å². The van der Waals surface area contributed by atoms with E-state index in [9.17, 15) is 9.18 Å². The maximum atomic E-state index is 13.1. The molecule has 0 saturated heterocycles. The van der Waals surface area contributed by atoms with Crippen molar-refractivity contribution < 1.29 is 13.9 Å². The van der Waals surface area contributed by atoms with Crippen LogP contribution < -0.4 is 16.2 Å². The van der Waals surface area contributed by atoms with E-state index in [4.69, 9.17) is 27.8 Å². The van der Waals surface area contributed by atoms with E-state index in [2.05, 4.69) is 0 Å². The number of para-hydroxylation sites is 1. The fourth-order valence-electron chi connectivity index (χ4n) is 0.876. The lowest BCUT2D eigenvalue weighted by atomic mass is 10.3. The molecule has 4 N–H and O–H groups in total. The molecule has 0 aliphatic heterocycles. The van der Waals surface area contributed by atoms with E-state index < -0.39 is 17.8 Å². The molecule has 0 spiro atoms. The summed E-state index contributed by atoms with van der Waals surface area (Å²) in [5.74, 6) is -1.46. The minimum Gasteiger partial charge on any atom is -0.487 e. The van der Waals surface area contributed by atoms with Crippen molar-refractivity contribution in [3.05, 3.63) is 29.0 Å². The summed E-state index contributed by atoms with van der Waals surface area (Å²) < 4.78 is 18.1. The highest BCUT2D eigenvalue weighted by atomic mass is 35.5. The topological polar surface area (TPSA) is 78.3 Å². The van der Waals surface area contributed by atoms with Gasteiger partial charge in [-0.1, -0.05) is 17.7 Å². The lowest BCUT2D eigenvalue weighted by molar-refractivity contribution is -0.119. The van der Waals surface area contributed by atoms with Gasteiger partial charge in [-0.15, -0.1) is 0 Å². The monoisotopic (exact) mass is 232 g/mol. The van der Waals surface area contributed by atoms with Crippen molar-refractivity contribution in [2.45, 2.75) is 6.04 Å². The average molecular weight is 233 g/mol. The first-order valence-electron chi connectivity index (χ1n) is 4.14. The summed E-state index contributed by atoms with van der Waals surface area (Å²) in [7, 11) is 0. The summed E-state index contributed by atoms with van der Waals surface area (Å²) in [5.41, 5.74) is 10.2. The molecule has 1 atom stereocenters. The number of halogens is 2. The predicted molar refractivity (Wildman–Crippen MR) is 54.1 cm³/mol. The van der Waals surface area contributed by atoms with Gasteiger partial charge >= 0.3 is 0 Å². The Morgan fingerprint density at radius 2 is 2.27 bits per heavy atom. The van der Waals surface area contributed by atoms with Gasteiger partial charge in [0, 0.05) is 0 Å². The Balaban J connectivity index is 2.69. The molecule has 0 saturated carbocycles. The number of ether oxygens (including phenoxy) is 1. The van der Waals surface area contributed by atoms with Crippen molar-refractivity contribution in [2.24, 2.45) is 11.5 Å². The first-order chi connectivity index (χ1) is 7.02. The Labute approximate surface area is 90.9 Å². The SMILES string of the molecule is NC(=O)C(N)COc1c(F)cccc1Cl. The van der Waals surface area contributed by atoms with E-state index >= 15 is 0 Å². The number of hydrogen-bond acceptors (Lipinski definition) is 3. The average Bonchev–Trinajstić information content (AvgIpc) is 2.16. The van der Waals surface area contributed by atoms with E-state index in [-0.39, 0.29) is 17.4 Å². The van der Waals surface area contributed by atoms with E-state index in [1.165, 1.54) is 18.2 Å². The summed E-state index contributed by atoms with van der Waals surface area (Å²) in [6, 6.07) is 3.12. The number of hydrogen-bond donors (Lipinski definition) is 2. The molecule has 82 valence electrons. The fraction of sp³-hybridized carbons (Fsp3) is 0.222. The van der Waals surface area contributed by atoms with Gasteiger partial charge in [0.25, 0.3) is 0 Å². The van der Waals surface area contributed by atoms with Gasteiger partial charge in [-0.3, -0.25) is 4.79 Å². The Morgan fingerprint density at radius 3 is 2.80 bits per heavy atom. The number of amides is 1. The van der Waals surface area contributed by atoms with Crippen molar-refractivity contribution in [2.75, 3.05) is 6.61 Å². The largest absolute Gasteiger partial charge is 0.487 e. The highest BCUT2D eigenvalue weighted by Crippen LogP contribution is 2.27. The molecule has 1 aromatic rings. The Morgan fingerprint density at radius 1 is 1.60 bits per heavy atom. The molecule has 0 heterocycles. The zero-order valence-corrected chi connectivity index (χ0v) is 8.50. The molecule has 1 unspecified atom stereocenters. The third-order valence-corrected chi connectivity index (χ3v) is 1.99. The van der Waals surface area contributed by atoms with Crippen LogP contribution in [0.2, 0.25) is 5.02 Å². The maximum Gasteiger partial charge on any atom is 0.237 e. The van der Waals surface area contributed by atoms with Crippen LogP contribution in [-0.4, -0.2) is 18.6 Å². The minimum absolute atomic E-state index is 0.117. The molecule has 15 heavy (non-hydrogen) atoms. The molecule has 0 aromatic heterocycles. The highest BCUT2D eigenvalue weighted by molar-refractivity contribution is 6.32. The molecule has 1 rings (SSSR count). The number of carbonyl (C=O) groups excluding carboxylic acids is 1. The van der Waals surface area contributed by atoms with Gasteiger partial charge in [0.05, 0.1) is 5.02 Å². The van der Waals surface area contributed by atoms with Crippen molar-refractivity contribution >= 4 is 17.5 Å². The van der Waals surface area contributed by atoms with Crippen LogP contribution in [0.25, 0.3) is 0 Å². The van der Waals surface area contributed by atoms with Crippen LogP contribution in [-0.2, 0) is 4.79 Å². The van der Waals surface area contributed by atoms with Crippen molar-refractivity contribution in [1.82, 2.24) is 0 Å². The van der Waals surface area contributed by atoms with Crippen LogP contribution in [0, 0.1) is 5.82 Å². The fourth-order valence-corrected chi connectivity index (χ4v) is 1.09. The van der Waals surface area contributed by atoms with Gasteiger partial charge in [0.2, 0.25) is 5.91 Å². The molecule has 0 aliphatic rings. The second-order valence-corrected chi connectivity index (χ2v) is 3.28. The van der Waals surface area contributed by atoms with Crippen molar-refractivity contribution in [3.8, 4) is 5.75 Å². The number of carbonyl (C=O) groups is 1. The van der Waals surface area contributed by atoms with Gasteiger partial charge in [-0.25, -0.2) is 4.39 Å². The third-order valence-electron chi connectivity index (χ3n) is 1.69. The van der Waals surface area contributed by atoms with E-state index in [1.54, 1.807) is 0 Å². The number of nitrogens with two attached hydrogens (primary N) is 2. The quantitative estimate of drug-likeness (QED) is 0.801. The van der Waals surface area contributed by atoms with Crippen LogP contribution in [0.1, 0.15) is 0 Å². The minimum atomic E-state index is -0.985. The van der Waals surface area contributed by atoms with Crippen molar-refractivity contribution in [1.29, 1.82) is 0 Å². The number of primary amides is 1. The van der Waals surface area contributed by atoms with E-state index in [0.29, 0.717) is 0 Å². The smallest absolute Gasteiger partial charge is 0.237 e. The van der Waals surface area contributed by atoms with Crippen LogP contribution in [0.15, 0.2) is 18.2 Å². The summed E-state index contributed by atoms with van der Waals surface area (Å²) in [5, 5.41) is 0.117. The van der Waals surface area contributed by atoms with Gasteiger partial charge in [-0.2, -0.15) is 0 Å². The van der Waals surface area contributed by atoms with Gasteiger partial charge < -0.3 is 16.2 Å². The van der Waals surface area contributed by atoms with Gasteiger partial charge in [-0.05, 0) is 12.1 Å². The van der Waals surface area contributed by atoms with Crippen LogP contribution in [0.4, 0.5) is 4.39 Å². The lowest BCUT2D eigenvalue weighted by Crippen LogP contribution is -2.41. The summed E-state index contributed by atoms with van der Waals surface area (Å²) in [6.07, 6.45) is 0. The Hall–Kier alpha value is -1.33. The van der Waals surface area contributed by atoms with Crippen LogP contribution >= 0.6 is 11.6 Å². The Bertz CT molecular complexity index is 353. The molecule has 4 nitrogen and oxygen atoms in total. The second kappa shape index (κ2) is 4.95. The zero-order chi connectivity index (χ0) is 11.4. The molecule has 6 heteroatoms.